The van der Waals surface area contributed by atoms with Crippen molar-refractivity contribution in [1.82, 2.24) is 0 Å². The zero-order valence-corrected chi connectivity index (χ0v) is 29.0. The molecule has 1 amide bonds. The zero-order valence-electron chi connectivity index (χ0n) is 28.0. The lowest BCUT2D eigenvalue weighted by atomic mass is 9.52. The van der Waals surface area contributed by atoms with Gasteiger partial charge in [0.05, 0.1) is 11.0 Å². The summed E-state index contributed by atoms with van der Waals surface area (Å²) in [7, 11) is -2.37. The van der Waals surface area contributed by atoms with Crippen LogP contribution in [0.5, 0.6) is 0 Å². The van der Waals surface area contributed by atoms with E-state index in [2.05, 4.69) is 59.9 Å². The lowest BCUT2D eigenvalue weighted by Gasteiger charge is -2.52. The molecule has 0 unspecified atom stereocenters. The van der Waals surface area contributed by atoms with E-state index in [9.17, 15) is 24.8 Å². The monoisotopic (exact) mass is 622 g/mol. The maximum Gasteiger partial charge on any atom is 0.269 e. The first-order chi connectivity index (χ1) is 20.4. The summed E-state index contributed by atoms with van der Waals surface area (Å²) in [5.41, 5.74) is 0.312. The fourth-order valence-corrected chi connectivity index (χ4v) is 9.02. The standard InChI is InChI=1S/C35H50N2O6Si/c1-11-12-27-22(3)20-24-19-21(2)13-18-28(24)35(27,8)32(39)29-31(38)30(23(4)43-44(9,10)34(5,6)7)36(33(29)40)25-14-16-26(17-15-25)37(41)42/h11-12,14-17,20-21,23-24,27-28,30,39H,13,18-19H2,1-10H3/b12-11+,32-29-/t21-,23-,24+,27-,28-,30+,35-/m1/s1. The molecule has 2 aliphatic carbocycles. The Kier molecular flexibility index (Phi) is 9.26. The highest BCUT2D eigenvalue weighted by molar-refractivity contribution is 6.74. The van der Waals surface area contributed by atoms with Crippen molar-refractivity contribution in [2.45, 2.75) is 105 Å². The number of rotatable bonds is 7. The third kappa shape index (κ3) is 5.73. The second-order valence-electron chi connectivity index (χ2n) is 15.0. The van der Waals surface area contributed by atoms with Crippen molar-refractivity contribution in [3.63, 3.8) is 0 Å². The van der Waals surface area contributed by atoms with Gasteiger partial charge in [0.25, 0.3) is 11.6 Å². The summed E-state index contributed by atoms with van der Waals surface area (Å²) >= 11 is 0. The molecule has 1 heterocycles. The van der Waals surface area contributed by atoms with E-state index < -0.39 is 42.5 Å². The van der Waals surface area contributed by atoms with Gasteiger partial charge in [-0.3, -0.25) is 24.6 Å². The number of non-ortho nitro benzene ring substituents is 1. The van der Waals surface area contributed by atoms with E-state index in [4.69, 9.17) is 4.43 Å². The highest BCUT2D eigenvalue weighted by atomic mass is 28.4. The van der Waals surface area contributed by atoms with E-state index >= 15 is 0 Å². The fourth-order valence-electron chi connectivity index (χ4n) is 7.61. The average molecular weight is 623 g/mol. The normalized spacial score (nSPS) is 31.6. The number of amides is 1. The highest BCUT2D eigenvalue weighted by Gasteiger charge is 2.57. The van der Waals surface area contributed by atoms with Gasteiger partial charge in [-0.05, 0) is 81.6 Å². The van der Waals surface area contributed by atoms with Gasteiger partial charge in [0.2, 0.25) is 0 Å². The van der Waals surface area contributed by atoms with E-state index in [0.717, 1.165) is 24.8 Å². The fraction of sp³-hybridized carbons (Fsp3) is 0.600. The van der Waals surface area contributed by atoms with E-state index in [0.29, 0.717) is 11.6 Å². The summed E-state index contributed by atoms with van der Waals surface area (Å²) in [6, 6.07) is 4.62. The number of nitro groups is 1. The van der Waals surface area contributed by atoms with Crippen LogP contribution in [0.2, 0.25) is 18.1 Å². The van der Waals surface area contributed by atoms with Crippen LogP contribution in [-0.4, -0.2) is 42.2 Å². The number of Topliss-reactive ketones (excluding diaryl/α,β-unsaturated/α-hetero) is 1. The number of carbonyl (C=O) groups is 2. The minimum atomic E-state index is -2.37. The van der Waals surface area contributed by atoms with Gasteiger partial charge in [0.1, 0.15) is 17.4 Å². The Labute approximate surface area is 263 Å². The minimum absolute atomic E-state index is 0.0597. The molecule has 4 rings (SSSR count). The van der Waals surface area contributed by atoms with Crippen molar-refractivity contribution in [1.29, 1.82) is 0 Å². The Morgan fingerprint density at radius 1 is 1.20 bits per heavy atom. The molecule has 1 saturated carbocycles. The van der Waals surface area contributed by atoms with Gasteiger partial charge in [-0.15, -0.1) is 0 Å². The first-order valence-electron chi connectivity index (χ1n) is 15.9. The molecule has 1 aliphatic heterocycles. The predicted molar refractivity (Wildman–Crippen MR) is 177 cm³/mol. The van der Waals surface area contributed by atoms with Crippen LogP contribution in [0, 0.1) is 39.2 Å². The summed E-state index contributed by atoms with van der Waals surface area (Å²) in [4.78, 5) is 41.3. The summed E-state index contributed by atoms with van der Waals surface area (Å²) in [5.74, 6) is -0.533. The number of allylic oxidation sites excluding steroid dienone is 5. The van der Waals surface area contributed by atoms with Gasteiger partial charge in [-0.25, -0.2) is 0 Å². The van der Waals surface area contributed by atoms with E-state index in [1.807, 2.05) is 26.8 Å². The van der Waals surface area contributed by atoms with Crippen LogP contribution >= 0.6 is 0 Å². The Morgan fingerprint density at radius 2 is 1.82 bits per heavy atom. The number of nitrogens with zero attached hydrogens (tertiary/aromatic N) is 2. The minimum Gasteiger partial charge on any atom is -0.511 e. The maximum absolute atomic E-state index is 14.6. The third-order valence-electron chi connectivity index (χ3n) is 11.0. The number of aliphatic hydroxyl groups excluding tert-OH is 1. The molecule has 8 nitrogen and oxygen atoms in total. The highest BCUT2D eigenvalue weighted by Crippen LogP contribution is 2.58. The van der Waals surface area contributed by atoms with Gasteiger partial charge < -0.3 is 9.53 Å². The average Bonchev–Trinajstić information content (AvgIpc) is 3.19. The zero-order chi connectivity index (χ0) is 32.9. The topological polar surface area (TPSA) is 110 Å². The molecule has 0 spiro atoms. The number of carbonyl (C=O) groups excluding carboxylic acids is 2. The van der Waals surface area contributed by atoms with Crippen molar-refractivity contribution >= 4 is 31.4 Å². The van der Waals surface area contributed by atoms with E-state index in [1.54, 1.807) is 0 Å². The summed E-state index contributed by atoms with van der Waals surface area (Å²) < 4.78 is 6.68. The molecule has 1 aromatic carbocycles. The maximum atomic E-state index is 14.6. The van der Waals surface area contributed by atoms with Crippen molar-refractivity contribution in [3.05, 3.63) is 69.5 Å². The van der Waals surface area contributed by atoms with Crippen molar-refractivity contribution < 1.29 is 24.0 Å². The Bertz CT molecular complexity index is 1400. The molecule has 1 N–H and O–H groups in total. The summed E-state index contributed by atoms with van der Waals surface area (Å²) in [6.07, 6.45) is 8.62. The Morgan fingerprint density at radius 3 is 2.36 bits per heavy atom. The summed E-state index contributed by atoms with van der Waals surface area (Å²) in [5, 5.41) is 23.6. The second kappa shape index (κ2) is 12.0. The quantitative estimate of drug-likeness (QED) is 0.0623. The van der Waals surface area contributed by atoms with Crippen LogP contribution < -0.4 is 4.90 Å². The van der Waals surface area contributed by atoms with Crippen LogP contribution in [0.25, 0.3) is 0 Å². The molecule has 0 radical (unpaired) electrons. The number of hydrogen-bond acceptors (Lipinski definition) is 6. The molecule has 9 heteroatoms. The van der Waals surface area contributed by atoms with Crippen LogP contribution in [0.4, 0.5) is 11.4 Å². The van der Waals surface area contributed by atoms with Gasteiger partial charge in [0, 0.05) is 29.2 Å². The first-order valence-corrected chi connectivity index (χ1v) is 18.8. The first kappa shape index (κ1) is 33.8. The van der Waals surface area contributed by atoms with Crippen LogP contribution in [0.15, 0.2) is 59.4 Å². The number of benzene rings is 1. The SMILES string of the molecule is C/C=C/[C@@H]1C(C)=C[C@@H]2C[C@H](C)CC[C@H]2[C@]1(C)/C(O)=C1\C(=O)[C@H]([C@@H](C)O[Si](C)(C)C(C)(C)C)N(c2ccc([N+](=O)[O-])cc2)C1=O. The van der Waals surface area contributed by atoms with Crippen molar-refractivity contribution in [3.8, 4) is 0 Å². The Balaban J connectivity index is 1.90. The summed E-state index contributed by atoms with van der Waals surface area (Å²) in [6.45, 7) is 20.6. The largest absolute Gasteiger partial charge is 0.511 e. The Hall–Kier alpha value is -3.04. The number of anilines is 1. The number of ketones is 1. The van der Waals surface area contributed by atoms with Gasteiger partial charge in [-0.1, -0.05) is 64.8 Å². The second-order valence-corrected chi connectivity index (χ2v) is 19.7. The third-order valence-corrected chi connectivity index (χ3v) is 15.5. The molecule has 0 aromatic heterocycles. The van der Waals surface area contributed by atoms with Crippen LogP contribution in [0.1, 0.15) is 74.7 Å². The predicted octanol–water partition coefficient (Wildman–Crippen LogP) is 8.31. The van der Waals surface area contributed by atoms with Crippen molar-refractivity contribution in [2.75, 3.05) is 4.90 Å². The molecule has 0 bridgehead atoms. The lowest BCUT2D eigenvalue weighted by Crippen LogP contribution is -2.51. The van der Waals surface area contributed by atoms with E-state index in [1.165, 1.54) is 29.2 Å². The molecule has 44 heavy (non-hydrogen) atoms. The van der Waals surface area contributed by atoms with Crippen molar-refractivity contribution in [2.24, 2.45) is 29.1 Å². The molecular weight excluding hydrogens is 572 g/mol. The van der Waals surface area contributed by atoms with Gasteiger partial charge in [-0.2, -0.15) is 0 Å². The molecule has 1 saturated heterocycles. The molecule has 1 aromatic rings. The molecule has 2 fully saturated rings. The molecule has 240 valence electrons. The molecular formula is C35H50N2O6Si. The van der Waals surface area contributed by atoms with Gasteiger partial charge >= 0.3 is 0 Å². The number of fused-ring (bicyclic) bond motifs is 1. The number of nitro benzene ring substituents is 1. The van der Waals surface area contributed by atoms with E-state index in [-0.39, 0.29) is 39.8 Å². The smallest absolute Gasteiger partial charge is 0.269 e. The van der Waals surface area contributed by atoms with Crippen LogP contribution in [-0.2, 0) is 14.0 Å². The number of aliphatic hydroxyl groups is 1. The van der Waals surface area contributed by atoms with Crippen LogP contribution in [0.3, 0.4) is 0 Å². The molecule has 7 atom stereocenters. The molecule has 3 aliphatic rings. The lowest BCUT2D eigenvalue weighted by molar-refractivity contribution is -0.384. The van der Waals surface area contributed by atoms with Gasteiger partial charge in [0.15, 0.2) is 14.1 Å². The number of hydrogen-bond donors (Lipinski definition) is 1.